The molecule has 1 aromatic rings. The molecule has 0 radical (unpaired) electrons. The molecule has 80 valence electrons. The number of aromatic carboxylic acids is 1. The van der Waals surface area contributed by atoms with E-state index in [4.69, 9.17) is 5.11 Å². The molecule has 2 rings (SSSR count). The quantitative estimate of drug-likeness (QED) is 0.777. The maximum absolute atomic E-state index is 13.1. The van der Waals surface area contributed by atoms with E-state index in [0.29, 0.717) is 5.92 Å². The molecule has 15 heavy (non-hydrogen) atoms. The standard InChI is InChI=1S/C11H12FNO2/c12-10-2-1-7(5-9(10)11(14)15)8-3-4-13-6-8/h1-2,5,8,13H,3-4,6H2,(H,14,15)/t8-/m1/s1. The summed E-state index contributed by atoms with van der Waals surface area (Å²) in [6, 6.07) is 4.34. The lowest BCUT2D eigenvalue weighted by molar-refractivity contribution is 0.0691. The molecule has 1 atom stereocenters. The Bertz CT molecular complexity index is 386. The van der Waals surface area contributed by atoms with Gasteiger partial charge in [0.1, 0.15) is 5.82 Å². The average molecular weight is 209 g/mol. The SMILES string of the molecule is O=C(O)c1cc([C@@H]2CCNC2)ccc1F. The smallest absolute Gasteiger partial charge is 0.338 e. The van der Waals surface area contributed by atoms with Crippen LogP contribution in [0.25, 0.3) is 0 Å². The number of hydrogen-bond donors (Lipinski definition) is 2. The van der Waals surface area contributed by atoms with Gasteiger partial charge in [0.2, 0.25) is 0 Å². The molecule has 1 aliphatic heterocycles. The lowest BCUT2D eigenvalue weighted by Gasteiger charge is -2.09. The Morgan fingerprint density at radius 2 is 2.33 bits per heavy atom. The summed E-state index contributed by atoms with van der Waals surface area (Å²) in [7, 11) is 0. The molecule has 3 nitrogen and oxygen atoms in total. The third-order valence-corrected chi connectivity index (χ3v) is 2.75. The van der Waals surface area contributed by atoms with E-state index in [1.54, 1.807) is 6.07 Å². The largest absolute Gasteiger partial charge is 0.478 e. The first-order chi connectivity index (χ1) is 7.18. The summed E-state index contributed by atoms with van der Waals surface area (Å²) in [5.41, 5.74) is 0.665. The van der Waals surface area contributed by atoms with Crippen LogP contribution in [0.5, 0.6) is 0 Å². The molecular weight excluding hydrogens is 197 g/mol. The Labute approximate surface area is 86.9 Å². The van der Waals surface area contributed by atoms with Crippen LogP contribution in [-0.2, 0) is 0 Å². The van der Waals surface area contributed by atoms with Crippen molar-refractivity contribution in [1.29, 1.82) is 0 Å². The molecule has 0 spiro atoms. The number of carboxylic acid groups (broad SMARTS) is 1. The lowest BCUT2D eigenvalue weighted by Crippen LogP contribution is -2.09. The van der Waals surface area contributed by atoms with Gasteiger partial charge in [-0.2, -0.15) is 0 Å². The summed E-state index contributed by atoms with van der Waals surface area (Å²) >= 11 is 0. The lowest BCUT2D eigenvalue weighted by atomic mass is 9.96. The minimum absolute atomic E-state index is 0.237. The van der Waals surface area contributed by atoms with Gasteiger partial charge in [0, 0.05) is 6.54 Å². The molecule has 0 amide bonds. The fourth-order valence-electron chi connectivity index (χ4n) is 1.90. The Hall–Kier alpha value is -1.42. The maximum atomic E-state index is 13.1. The fourth-order valence-corrected chi connectivity index (χ4v) is 1.90. The number of nitrogens with one attached hydrogen (secondary N) is 1. The summed E-state index contributed by atoms with van der Waals surface area (Å²) in [6.07, 6.45) is 0.977. The molecule has 0 aliphatic carbocycles. The first-order valence-electron chi connectivity index (χ1n) is 4.92. The Kier molecular flexibility index (Phi) is 2.68. The van der Waals surface area contributed by atoms with E-state index >= 15 is 0 Å². The van der Waals surface area contributed by atoms with E-state index in [9.17, 15) is 9.18 Å². The molecule has 1 heterocycles. The normalized spacial score (nSPS) is 20.5. The van der Waals surface area contributed by atoms with Crippen LogP contribution < -0.4 is 5.32 Å². The van der Waals surface area contributed by atoms with Gasteiger partial charge in [0.05, 0.1) is 5.56 Å². The van der Waals surface area contributed by atoms with E-state index < -0.39 is 11.8 Å². The number of hydrogen-bond acceptors (Lipinski definition) is 2. The van der Waals surface area contributed by atoms with Crippen LogP contribution in [0, 0.1) is 5.82 Å². The highest BCUT2D eigenvalue weighted by Crippen LogP contribution is 2.24. The first kappa shape index (κ1) is 10.1. The molecule has 0 saturated carbocycles. The van der Waals surface area contributed by atoms with Gasteiger partial charge in [0.15, 0.2) is 0 Å². The van der Waals surface area contributed by atoms with Crippen molar-refractivity contribution in [3.8, 4) is 0 Å². The highest BCUT2D eigenvalue weighted by atomic mass is 19.1. The molecule has 0 aromatic heterocycles. The summed E-state index contributed by atoms with van der Waals surface area (Å²) in [6.45, 7) is 1.77. The fraction of sp³-hybridized carbons (Fsp3) is 0.364. The van der Waals surface area contributed by atoms with Gasteiger partial charge < -0.3 is 10.4 Å². The Balaban J connectivity index is 2.33. The predicted molar refractivity (Wildman–Crippen MR) is 53.6 cm³/mol. The van der Waals surface area contributed by atoms with E-state index in [2.05, 4.69) is 5.32 Å². The van der Waals surface area contributed by atoms with Gasteiger partial charge in [-0.15, -0.1) is 0 Å². The number of halogens is 1. The summed E-state index contributed by atoms with van der Waals surface area (Å²) in [5.74, 6) is -1.57. The molecule has 1 aromatic carbocycles. The van der Waals surface area contributed by atoms with Crippen LogP contribution in [0.3, 0.4) is 0 Å². The maximum Gasteiger partial charge on any atom is 0.338 e. The molecule has 1 fully saturated rings. The van der Waals surface area contributed by atoms with Crippen LogP contribution in [0.15, 0.2) is 18.2 Å². The zero-order valence-corrected chi connectivity index (χ0v) is 8.16. The molecule has 0 bridgehead atoms. The highest BCUT2D eigenvalue weighted by Gasteiger charge is 2.19. The van der Waals surface area contributed by atoms with E-state index in [1.807, 2.05) is 0 Å². The van der Waals surface area contributed by atoms with Crippen molar-refractivity contribution in [3.63, 3.8) is 0 Å². The van der Waals surface area contributed by atoms with Crippen molar-refractivity contribution in [3.05, 3.63) is 35.1 Å². The Morgan fingerprint density at radius 1 is 1.53 bits per heavy atom. The molecule has 0 unspecified atom stereocenters. The van der Waals surface area contributed by atoms with Gasteiger partial charge in [-0.25, -0.2) is 9.18 Å². The van der Waals surface area contributed by atoms with Crippen molar-refractivity contribution >= 4 is 5.97 Å². The zero-order chi connectivity index (χ0) is 10.8. The second kappa shape index (κ2) is 3.98. The van der Waals surface area contributed by atoms with Crippen molar-refractivity contribution in [2.24, 2.45) is 0 Å². The Morgan fingerprint density at radius 3 is 2.93 bits per heavy atom. The van der Waals surface area contributed by atoms with Gasteiger partial charge in [-0.1, -0.05) is 6.07 Å². The van der Waals surface area contributed by atoms with Gasteiger partial charge in [-0.3, -0.25) is 0 Å². The van der Waals surface area contributed by atoms with Crippen LogP contribution in [-0.4, -0.2) is 24.2 Å². The second-order valence-corrected chi connectivity index (χ2v) is 3.73. The van der Waals surface area contributed by atoms with Gasteiger partial charge >= 0.3 is 5.97 Å². The first-order valence-corrected chi connectivity index (χ1v) is 4.92. The van der Waals surface area contributed by atoms with E-state index in [1.165, 1.54) is 12.1 Å². The minimum Gasteiger partial charge on any atom is -0.478 e. The summed E-state index contributed by atoms with van der Waals surface area (Å²) < 4.78 is 13.1. The topological polar surface area (TPSA) is 49.3 Å². The highest BCUT2D eigenvalue weighted by molar-refractivity contribution is 5.88. The van der Waals surface area contributed by atoms with Crippen molar-refractivity contribution in [2.45, 2.75) is 12.3 Å². The number of carboxylic acids is 1. The van der Waals surface area contributed by atoms with Crippen LogP contribution in [0.2, 0.25) is 0 Å². The molecule has 1 aliphatic rings. The van der Waals surface area contributed by atoms with E-state index in [-0.39, 0.29) is 5.56 Å². The zero-order valence-electron chi connectivity index (χ0n) is 8.16. The number of rotatable bonds is 2. The van der Waals surface area contributed by atoms with Crippen molar-refractivity contribution < 1.29 is 14.3 Å². The summed E-state index contributed by atoms with van der Waals surface area (Å²) in [4.78, 5) is 10.7. The van der Waals surface area contributed by atoms with Crippen LogP contribution >= 0.6 is 0 Å². The van der Waals surface area contributed by atoms with Crippen molar-refractivity contribution in [1.82, 2.24) is 5.32 Å². The van der Waals surface area contributed by atoms with Gasteiger partial charge in [0.25, 0.3) is 0 Å². The molecule has 1 saturated heterocycles. The molecule has 2 N–H and O–H groups in total. The van der Waals surface area contributed by atoms with Crippen molar-refractivity contribution in [2.75, 3.05) is 13.1 Å². The summed E-state index contributed by atoms with van der Waals surface area (Å²) in [5, 5.41) is 12.0. The average Bonchev–Trinajstić information content (AvgIpc) is 2.71. The number of carbonyl (C=O) groups is 1. The third kappa shape index (κ3) is 1.99. The van der Waals surface area contributed by atoms with E-state index in [0.717, 1.165) is 25.1 Å². The molecular formula is C11H12FNO2. The molecule has 4 heteroatoms. The number of benzene rings is 1. The van der Waals surface area contributed by atoms with Crippen LogP contribution in [0.4, 0.5) is 4.39 Å². The third-order valence-electron chi connectivity index (χ3n) is 2.75. The van der Waals surface area contributed by atoms with Gasteiger partial charge in [-0.05, 0) is 36.6 Å². The second-order valence-electron chi connectivity index (χ2n) is 3.73. The minimum atomic E-state index is -1.21. The monoisotopic (exact) mass is 209 g/mol. The predicted octanol–water partition coefficient (Wildman–Crippen LogP) is 1.60. The van der Waals surface area contributed by atoms with Crippen LogP contribution in [0.1, 0.15) is 28.3 Å².